The summed E-state index contributed by atoms with van der Waals surface area (Å²) in [4.78, 5) is 23.1. The summed E-state index contributed by atoms with van der Waals surface area (Å²) in [7, 11) is 1.63. The highest BCUT2D eigenvalue weighted by Gasteiger charge is 2.24. The Bertz CT molecular complexity index is 179. The van der Waals surface area contributed by atoms with Crippen molar-refractivity contribution in [3.05, 3.63) is 0 Å². The van der Waals surface area contributed by atoms with Gasteiger partial charge in [0.2, 0.25) is 5.78 Å². The van der Waals surface area contributed by atoms with Gasteiger partial charge in [-0.15, -0.1) is 0 Å². The molecule has 0 aromatic rings. The van der Waals surface area contributed by atoms with Crippen molar-refractivity contribution in [2.24, 2.45) is 0 Å². The molecule has 0 N–H and O–H groups in total. The average Bonchev–Trinajstić information content (AvgIpc) is 1.82. The molecule has 0 rings (SSSR count). The fourth-order valence-electron chi connectivity index (χ4n) is 0.541. The maximum Gasteiger partial charge on any atom is 0.289 e. The van der Waals surface area contributed by atoms with Crippen LogP contribution in [0.4, 0.5) is 0 Å². The van der Waals surface area contributed by atoms with E-state index in [1.165, 1.54) is 11.8 Å². The van der Waals surface area contributed by atoms with Gasteiger partial charge in [-0.3, -0.25) is 9.59 Å². The van der Waals surface area contributed by atoms with Crippen molar-refractivity contribution in [2.45, 2.75) is 33.2 Å². The molecule has 0 aromatic carbocycles. The van der Waals surface area contributed by atoms with Crippen LogP contribution in [0.3, 0.4) is 0 Å². The van der Waals surface area contributed by atoms with Gasteiger partial charge in [-0.05, 0) is 20.8 Å². The Kier molecular flexibility index (Phi) is 2.79. The molecule has 0 aliphatic carbocycles. The maximum absolute atomic E-state index is 11.1. The van der Waals surface area contributed by atoms with E-state index in [-0.39, 0.29) is 5.54 Å². The fourth-order valence-corrected chi connectivity index (χ4v) is 0.541. The van der Waals surface area contributed by atoms with Gasteiger partial charge in [0.1, 0.15) is 0 Å². The molecule has 0 spiro atoms. The lowest BCUT2D eigenvalue weighted by atomic mass is 10.1. The van der Waals surface area contributed by atoms with Crippen molar-refractivity contribution in [2.75, 3.05) is 7.05 Å². The van der Waals surface area contributed by atoms with Crippen LogP contribution < -0.4 is 0 Å². The van der Waals surface area contributed by atoms with Gasteiger partial charge in [-0.1, -0.05) is 0 Å². The van der Waals surface area contributed by atoms with Crippen LogP contribution in [0.15, 0.2) is 0 Å². The van der Waals surface area contributed by atoms with Gasteiger partial charge < -0.3 is 4.90 Å². The second kappa shape index (κ2) is 3.03. The van der Waals surface area contributed by atoms with E-state index >= 15 is 0 Å². The Hall–Kier alpha value is -0.860. The molecule has 0 unspecified atom stereocenters. The topological polar surface area (TPSA) is 37.4 Å². The number of Topliss-reactive ketones (excluding diaryl/α,β-unsaturated/α-hetero) is 1. The first-order valence-electron chi connectivity index (χ1n) is 3.55. The highest BCUT2D eigenvalue weighted by molar-refractivity contribution is 6.35. The number of carbonyl (C=O) groups excluding carboxylic acids is 2. The van der Waals surface area contributed by atoms with E-state index in [0.29, 0.717) is 0 Å². The fraction of sp³-hybridized carbons (Fsp3) is 0.750. The van der Waals surface area contributed by atoms with Gasteiger partial charge in [0.25, 0.3) is 5.91 Å². The van der Waals surface area contributed by atoms with Crippen LogP contribution in [0.2, 0.25) is 0 Å². The van der Waals surface area contributed by atoms with Crippen LogP contribution in [0, 0.1) is 0 Å². The van der Waals surface area contributed by atoms with Gasteiger partial charge in [0.05, 0.1) is 0 Å². The van der Waals surface area contributed by atoms with Crippen LogP contribution in [0.1, 0.15) is 27.7 Å². The first kappa shape index (κ1) is 10.1. The number of carbonyl (C=O) groups is 2. The van der Waals surface area contributed by atoms with Gasteiger partial charge in [0, 0.05) is 19.5 Å². The summed E-state index contributed by atoms with van der Waals surface area (Å²) in [5.74, 6) is -0.847. The molecule has 0 saturated heterocycles. The van der Waals surface area contributed by atoms with E-state index in [9.17, 15) is 9.59 Å². The number of ketones is 1. The predicted molar refractivity (Wildman–Crippen MR) is 43.2 cm³/mol. The highest BCUT2D eigenvalue weighted by Crippen LogP contribution is 2.10. The Morgan fingerprint density at radius 3 is 1.64 bits per heavy atom. The molecule has 3 nitrogen and oxygen atoms in total. The van der Waals surface area contributed by atoms with Crippen LogP contribution in [-0.2, 0) is 9.59 Å². The molecule has 0 saturated carbocycles. The monoisotopic (exact) mass is 157 g/mol. The predicted octanol–water partition coefficient (Wildman–Crippen LogP) is 0.832. The summed E-state index contributed by atoms with van der Waals surface area (Å²) in [6, 6.07) is 0. The van der Waals surface area contributed by atoms with Crippen molar-refractivity contribution >= 4 is 11.7 Å². The summed E-state index contributed by atoms with van der Waals surface area (Å²) < 4.78 is 0. The Morgan fingerprint density at radius 1 is 1.18 bits per heavy atom. The molecule has 0 atom stereocenters. The van der Waals surface area contributed by atoms with Crippen molar-refractivity contribution in [1.82, 2.24) is 4.90 Å². The third-order valence-corrected chi connectivity index (χ3v) is 1.61. The zero-order valence-electron chi connectivity index (χ0n) is 7.76. The molecule has 0 heterocycles. The third-order valence-electron chi connectivity index (χ3n) is 1.61. The number of nitrogens with zero attached hydrogens (tertiary/aromatic N) is 1. The van der Waals surface area contributed by atoms with Gasteiger partial charge in [-0.2, -0.15) is 0 Å². The normalized spacial score (nSPS) is 11.0. The van der Waals surface area contributed by atoms with E-state index in [2.05, 4.69) is 0 Å². The Balaban J connectivity index is 4.38. The molecule has 0 aromatic heterocycles. The SMILES string of the molecule is CC(=O)C(=O)N(C)C(C)(C)C. The maximum atomic E-state index is 11.1. The molecule has 0 radical (unpaired) electrons. The average molecular weight is 157 g/mol. The molecule has 64 valence electrons. The Morgan fingerprint density at radius 2 is 1.55 bits per heavy atom. The lowest BCUT2D eigenvalue weighted by Crippen LogP contribution is -2.45. The van der Waals surface area contributed by atoms with E-state index in [0.717, 1.165) is 0 Å². The van der Waals surface area contributed by atoms with E-state index in [1.54, 1.807) is 7.05 Å². The minimum atomic E-state index is -0.433. The van der Waals surface area contributed by atoms with E-state index in [4.69, 9.17) is 0 Å². The first-order valence-corrected chi connectivity index (χ1v) is 3.55. The van der Waals surface area contributed by atoms with Gasteiger partial charge in [0.15, 0.2) is 0 Å². The van der Waals surface area contributed by atoms with Crippen LogP contribution in [0.5, 0.6) is 0 Å². The first-order chi connectivity index (χ1) is 4.76. The smallest absolute Gasteiger partial charge is 0.289 e. The van der Waals surface area contributed by atoms with Crippen LogP contribution in [0.25, 0.3) is 0 Å². The minimum absolute atomic E-state index is 0.275. The summed E-state index contributed by atoms with van der Waals surface area (Å²) in [5, 5.41) is 0. The zero-order chi connectivity index (χ0) is 9.23. The summed E-state index contributed by atoms with van der Waals surface area (Å²) in [6.07, 6.45) is 0. The molecular weight excluding hydrogens is 142 g/mol. The zero-order valence-corrected chi connectivity index (χ0v) is 7.76. The lowest BCUT2D eigenvalue weighted by molar-refractivity contribution is -0.145. The number of amides is 1. The van der Waals surface area contributed by atoms with Gasteiger partial charge >= 0.3 is 0 Å². The number of rotatable bonds is 1. The standard InChI is InChI=1S/C8H15NO2/c1-6(10)7(11)9(5)8(2,3)4/h1-5H3. The second-order valence-electron chi connectivity index (χ2n) is 3.59. The number of hydrogen-bond acceptors (Lipinski definition) is 2. The molecular formula is C8H15NO2. The molecule has 1 amide bonds. The summed E-state index contributed by atoms with van der Waals surface area (Å²) in [6.45, 7) is 6.93. The third kappa shape index (κ3) is 2.70. The van der Waals surface area contributed by atoms with E-state index < -0.39 is 11.7 Å². The lowest BCUT2D eigenvalue weighted by Gasteiger charge is -2.30. The molecule has 11 heavy (non-hydrogen) atoms. The minimum Gasteiger partial charge on any atom is -0.334 e. The summed E-state index contributed by atoms with van der Waals surface area (Å²) >= 11 is 0. The molecule has 0 aliphatic rings. The van der Waals surface area contributed by atoms with Crippen molar-refractivity contribution in [3.63, 3.8) is 0 Å². The van der Waals surface area contributed by atoms with Crippen molar-refractivity contribution < 1.29 is 9.59 Å². The summed E-state index contributed by atoms with van der Waals surface area (Å²) in [5.41, 5.74) is -0.275. The molecule has 0 aliphatic heterocycles. The molecule has 3 heteroatoms. The second-order valence-corrected chi connectivity index (χ2v) is 3.59. The van der Waals surface area contributed by atoms with Gasteiger partial charge in [-0.25, -0.2) is 0 Å². The van der Waals surface area contributed by atoms with Crippen LogP contribution >= 0.6 is 0 Å². The van der Waals surface area contributed by atoms with Crippen LogP contribution in [-0.4, -0.2) is 29.2 Å². The van der Waals surface area contributed by atoms with Crippen molar-refractivity contribution in [1.29, 1.82) is 0 Å². The Labute approximate surface area is 67.4 Å². The highest BCUT2D eigenvalue weighted by atomic mass is 16.2. The molecule has 0 fully saturated rings. The van der Waals surface area contributed by atoms with Crippen molar-refractivity contribution in [3.8, 4) is 0 Å². The number of hydrogen-bond donors (Lipinski definition) is 0. The number of likely N-dealkylation sites (N-methyl/N-ethyl adjacent to an activating group) is 1. The molecule has 0 bridgehead atoms. The van der Waals surface area contributed by atoms with E-state index in [1.807, 2.05) is 20.8 Å². The quantitative estimate of drug-likeness (QED) is 0.529. The largest absolute Gasteiger partial charge is 0.334 e.